The predicted molar refractivity (Wildman–Crippen MR) is 50.3 cm³/mol. The molecule has 1 aromatic rings. The summed E-state index contributed by atoms with van der Waals surface area (Å²) in [6.07, 6.45) is 2.88. The fourth-order valence-electron chi connectivity index (χ4n) is 0.921. The molecule has 0 saturated carbocycles. The van der Waals surface area contributed by atoms with Crippen LogP contribution in [0.15, 0.2) is 35.4 Å². The van der Waals surface area contributed by atoms with Crippen LogP contribution in [-0.4, -0.2) is 15.9 Å². The summed E-state index contributed by atoms with van der Waals surface area (Å²) in [4.78, 5) is 24.8. The van der Waals surface area contributed by atoms with Gasteiger partial charge in [0.15, 0.2) is 17.2 Å². The van der Waals surface area contributed by atoms with E-state index in [1.807, 2.05) is 0 Å². The van der Waals surface area contributed by atoms with Crippen molar-refractivity contribution in [1.82, 2.24) is 4.98 Å². The first kappa shape index (κ1) is 10.0. The molecule has 5 nitrogen and oxygen atoms in total. The van der Waals surface area contributed by atoms with Crippen LogP contribution in [0.25, 0.3) is 5.76 Å². The number of hydrogen-bond acceptors (Lipinski definition) is 5. The number of carbonyl (C=O) groups excluding carboxylic acids is 1. The van der Waals surface area contributed by atoms with Crippen molar-refractivity contribution in [3.63, 3.8) is 0 Å². The zero-order valence-corrected chi connectivity index (χ0v) is 7.47. The number of ketones is 1. The molecule has 0 radical (unpaired) electrons. The summed E-state index contributed by atoms with van der Waals surface area (Å²) in [6.45, 7) is 1.16. The lowest BCUT2D eigenvalue weighted by Gasteiger charge is -2.00. The number of nitroso groups, excluding NO2 is 1. The predicted octanol–water partition coefficient (Wildman–Crippen LogP) is 1.66. The largest absolute Gasteiger partial charge is 0.505 e. The van der Waals surface area contributed by atoms with Gasteiger partial charge >= 0.3 is 0 Å². The van der Waals surface area contributed by atoms with Gasteiger partial charge in [-0.3, -0.25) is 9.78 Å². The van der Waals surface area contributed by atoms with E-state index in [4.69, 9.17) is 0 Å². The molecule has 0 aliphatic carbocycles. The fraction of sp³-hybridized carbons (Fsp3) is 0.111. The molecule has 5 heteroatoms. The molecule has 1 rings (SSSR count). The van der Waals surface area contributed by atoms with Crippen LogP contribution < -0.4 is 0 Å². The van der Waals surface area contributed by atoms with Gasteiger partial charge in [0.05, 0.1) is 0 Å². The van der Waals surface area contributed by atoms with E-state index in [1.165, 1.54) is 24.5 Å². The van der Waals surface area contributed by atoms with Crippen LogP contribution in [0, 0.1) is 4.91 Å². The fourth-order valence-corrected chi connectivity index (χ4v) is 0.921. The second kappa shape index (κ2) is 4.27. The summed E-state index contributed by atoms with van der Waals surface area (Å²) in [7, 11) is 0. The van der Waals surface area contributed by atoms with Crippen LogP contribution in [0.1, 0.15) is 12.5 Å². The topological polar surface area (TPSA) is 79.6 Å². The number of aromatic nitrogens is 1. The lowest BCUT2D eigenvalue weighted by atomic mass is 10.1. The lowest BCUT2D eigenvalue weighted by molar-refractivity contribution is -0.113. The first-order valence-electron chi connectivity index (χ1n) is 3.84. The third kappa shape index (κ3) is 2.01. The van der Waals surface area contributed by atoms with E-state index in [0.717, 1.165) is 6.92 Å². The maximum absolute atomic E-state index is 10.9. The van der Waals surface area contributed by atoms with Crippen LogP contribution in [0.5, 0.6) is 0 Å². The maximum atomic E-state index is 10.9. The van der Waals surface area contributed by atoms with Crippen molar-refractivity contribution in [3.8, 4) is 0 Å². The van der Waals surface area contributed by atoms with Crippen LogP contribution >= 0.6 is 0 Å². The second-order valence-corrected chi connectivity index (χ2v) is 2.58. The summed E-state index contributed by atoms with van der Waals surface area (Å²) >= 11 is 0. The smallest absolute Gasteiger partial charge is 0.192 e. The molecule has 0 bridgehead atoms. The molecule has 1 aromatic heterocycles. The minimum Gasteiger partial charge on any atom is -0.505 e. The van der Waals surface area contributed by atoms with Crippen LogP contribution in [0.4, 0.5) is 0 Å². The molecule has 0 atom stereocenters. The van der Waals surface area contributed by atoms with E-state index in [1.54, 1.807) is 0 Å². The number of rotatable bonds is 3. The summed E-state index contributed by atoms with van der Waals surface area (Å²) < 4.78 is 0. The molecule has 0 aliphatic heterocycles. The van der Waals surface area contributed by atoms with Crippen molar-refractivity contribution in [2.75, 3.05) is 0 Å². The van der Waals surface area contributed by atoms with E-state index in [0.29, 0.717) is 5.56 Å². The average Bonchev–Trinajstić information content (AvgIpc) is 2.19. The van der Waals surface area contributed by atoms with Gasteiger partial charge in [-0.1, -0.05) is 0 Å². The molecule has 0 unspecified atom stereocenters. The molecule has 0 spiro atoms. The van der Waals surface area contributed by atoms with Gasteiger partial charge in [-0.05, 0) is 17.3 Å². The Kier molecular flexibility index (Phi) is 3.06. The van der Waals surface area contributed by atoms with Gasteiger partial charge < -0.3 is 5.11 Å². The molecule has 0 saturated heterocycles. The second-order valence-electron chi connectivity index (χ2n) is 2.58. The Morgan fingerprint density at radius 1 is 1.43 bits per heavy atom. The van der Waals surface area contributed by atoms with Crippen molar-refractivity contribution in [2.45, 2.75) is 6.92 Å². The van der Waals surface area contributed by atoms with Gasteiger partial charge in [0, 0.05) is 24.9 Å². The van der Waals surface area contributed by atoms with Crippen LogP contribution in [0.3, 0.4) is 0 Å². The van der Waals surface area contributed by atoms with Gasteiger partial charge in [0.2, 0.25) is 0 Å². The maximum Gasteiger partial charge on any atom is 0.192 e. The summed E-state index contributed by atoms with van der Waals surface area (Å²) in [5, 5.41) is 12.0. The Labute approximate surface area is 80.1 Å². The normalized spacial score (nSPS) is 11.8. The summed E-state index contributed by atoms with van der Waals surface area (Å²) in [6, 6.07) is 2.95. The molecule has 0 amide bonds. The molecular weight excluding hydrogens is 184 g/mol. The third-order valence-electron chi connectivity index (χ3n) is 1.60. The van der Waals surface area contributed by atoms with Crippen molar-refractivity contribution in [2.24, 2.45) is 5.18 Å². The SMILES string of the molecule is CC(=O)C(N=O)=C(O)c1ccncc1. The average molecular weight is 192 g/mol. The third-order valence-corrected chi connectivity index (χ3v) is 1.60. The standard InChI is InChI=1S/C9H8N2O3/c1-6(12)8(11-14)9(13)7-2-4-10-5-3-7/h2-5,13H,1H3. The first-order valence-corrected chi connectivity index (χ1v) is 3.84. The van der Waals surface area contributed by atoms with Crippen LogP contribution in [-0.2, 0) is 4.79 Å². The molecule has 1 N–H and O–H groups in total. The Balaban J connectivity index is 3.21. The molecule has 0 aromatic carbocycles. The van der Waals surface area contributed by atoms with Crippen molar-refractivity contribution >= 4 is 11.5 Å². The highest BCUT2D eigenvalue weighted by Gasteiger charge is 2.12. The highest BCUT2D eigenvalue weighted by Crippen LogP contribution is 2.16. The zero-order chi connectivity index (χ0) is 10.6. The Hall–Kier alpha value is -2.04. The Morgan fingerprint density at radius 3 is 2.43 bits per heavy atom. The van der Waals surface area contributed by atoms with Crippen molar-refractivity contribution in [1.29, 1.82) is 0 Å². The van der Waals surface area contributed by atoms with E-state index in [2.05, 4.69) is 10.2 Å². The van der Waals surface area contributed by atoms with Gasteiger partial charge in [0.25, 0.3) is 0 Å². The highest BCUT2D eigenvalue weighted by atomic mass is 16.3. The molecule has 0 fully saturated rings. The van der Waals surface area contributed by atoms with Gasteiger partial charge in [-0.2, -0.15) is 0 Å². The van der Waals surface area contributed by atoms with E-state index in [-0.39, 0.29) is 0 Å². The van der Waals surface area contributed by atoms with Gasteiger partial charge in [-0.25, -0.2) is 0 Å². The van der Waals surface area contributed by atoms with Gasteiger partial charge in [-0.15, -0.1) is 4.91 Å². The Morgan fingerprint density at radius 2 is 2.00 bits per heavy atom. The zero-order valence-electron chi connectivity index (χ0n) is 7.47. The quantitative estimate of drug-likeness (QED) is 0.448. The Bertz CT molecular complexity index is 384. The number of carbonyl (C=O) groups is 1. The molecule has 14 heavy (non-hydrogen) atoms. The number of aliphatic hydroxyl groups excluding tert-OH is 1. The van der Waals surface area contributed by atoms with Gasteiger partial charge in [0.1, 0.15) is 0 Å². The van der Waals surface area contributed by atoms with E-state index >= 15 is 0 Å². The van der Waals surface area contributed by atoms with E-state index < -0.39 is 17.2 Å². The lowest BCUT2D eigenvalue weighted by Crippen LogP contribution is -1.98. The highest BCUT2D eigenvalue weighted by molar-refractivity contribution is 5.99. The number of aliphatic hydroxyl groups is 1. The molecule has 72 valence electrons. The van der Waals surface area contributed by atoms with Crippen molar-refractivity contribution < 1.29 is 9.90 Å². The van der Waals surface area contributed by atoms with Crippen LogP contribution in [0.2, 0.25) is 0 Å². The first-order chi connectivity index (χ1) is 6.66. The summed E-state index contributed by atoms with van der Waals surface area (Å²) in [5.41, 5.74) is -0.138. The minimum absolute atomic E-state index is 0.338. The molecular formula is C9H8N2O3. The molecule has 1 heterocycles. The number of Topliss-reactive ketones (excluding diaryl/α,β-unsaturated/α-hetero) is 1. The number of pyridine rings is 1. The number of hydrogen-bond donors (Lipinski definition) is 1. The van der Waals surface area contributed by atoms with Crippen molar-refractivity contribution in [3.05, 3.63) is 40.7 Å². The minimum atomic E-state index is -0.575. The number of allylic oxidation sites excluding steroid dienone is 1. The van der Waals surface area contributed by atoms with E-state index in [9.17, 15) is 14.8 Å². The summed E-state index contributed by atoms with van der Waals surface area (Å²) in [5.74, 6) is -0.996. The monoisotopic (exact) mass is 192 g/mol. The number of nitrogens with zero attached hydrogens (tertiary/aromatic N) is 2. The molecule has 0 aliphatic rings.